The molecule has 3 aromatic carbocycles. The van der Waals surface area contributed by atoms with Gasteiger partial charge in [0, 0.05) is 6.54 Å². The van der Waals surface area contributed by atoms with E-state index in [1.807, 2.05) is 18.2 Å². The van der Waals surface area contributed by atoms with Crippen LogP contribution in [0.25, 0.3) is 0 Å². The van der Waals surface area contributed by atoms with Crippen LogP contribution in [0.2, 0.25) is 0 Å². The lowest BCUT2D eigenvalue weighted by molar-refractivity contribution is 0.513. The summed E-state index contributed by atoms with van der Waals surface area (Å²) in [5.41, 5.74) is 7.48. The normalized spacial score (nSPS) is 14.4. The summed E-state index contributed by atoms with van der Waals surface area (Å²) in [4.78, 5) is 0. The lowest BCUT2D eigenvalue weighted by Gasteiger charge is -2.31. The summed E-state index contributed by atoms with van der Waals surface area (Å²) < 4.78 is 0. The van der Waals surface area contributed by atoms with Crippen molar-refractivity contribution in [2.45, 2.75) is 44.3 Å². The first-order valence-corrected chi connectivity index (χ1v) is 12.2. The SMILES string of the molecule is NCc1cccc(P)c1.c1ccc(P(c2ccccc2)C2CCCCC2)cc1. The molecule has 1 saturated carbocycles. The highest BCUT2D eigenvalue weighted by atomic mass is 31.1. The van der Waals surface area contributed by atoms with E-state index in [2.05, 4.69) is 76.0 Å². The first kappa shape index (κ1) is 21.2. The van der Waals surface area contributed by atoms with Crippen molar-refractivity contribution in [3.63, 3.8) is 0 Å². The molecular formula is C25H31NP2. The van der Waals surface area contributed by atoms with Crippen LogP contribution in [-0.4, -0.2) is 5.66 Å². The van der Waals surface area contributed by atoms with Crippen LogP contribution < -0.4 is 21.6 Å². The third-order valence-corrected chi connectivity index (χ3v) is 8.51. The van der Waals surface area contributed by atoms with Gasteiger partial charge in [-0.2, -0.15) is 0 Å². The highest BCUT2D eigenvalue weighted by Gasteiger charge is 2.25. The summed E-state index contributed by atoms with van der Waals surface area (Å²) in [5.74, 6) is 0. The van der Waals surface area contributed by atoms with Gasteiger partial charge in [0.15, 0.2) is 0 Å². The second-order valence-electron chi connectivity index (χ2n) is 7.28. The van der Waals surface area contributed by atoms with Gasteiger partial charge in [0.2, 0.25) is 0 Å². The lowest BCUT2D eigenvalue weighted by Crippen LogP contribution is -2.23. The predicted molar refractivity (Wildman–Crippen MR) is 130 cm³/mol. The quantitative estimate of drug-likeness (QED) is 0.599. The van der Waals surface area contributed by atoms with Crippen molar-refractivity contribution in [3.05, 3.63) is 90.5 Å². The van der Waals surface area contributed by atoms with Gasteiger partial charge >= 0.3 is 0 Å². The summed E-state index contributed by atoms with van der Waals surface area (Å²) in [5, 5.41) is 4.30. The third kappa shape index (κ3) is 6.25. The van der Waals surface area contributed by atoms with E-state index in [-0.39, 0.29) is 7.92 Å². The van der Waals surface area contributed by atoms with Crippen molar-refractivity contribution in [2.75, 3.05) is 0 Å². The van der Waals surface area contributed by atoms with Crippen LogP contribution in [0.15, 0.2) is 84.9 Å². The minimum absolute atomic E-state index is 0.169. The Morgan fingerprint density at radius 3 is 1.79 bits per heavy atom. The van der Waals surface area contributed by atoms with E-state index in [0.717, 1.165) is 5.66 Å². The van der Waals surface area contributed by atoms with Crippen LogP contribution in [0, 0.1) is 0 Å². The van der Waals surface area contributed by atoms with E-state index >= 15 is 0 Å². The monoisotopic (exact) mass is 407 g/mol. The molecule has 3 heteroatoms. The van der Waals surface area contributed by atoms with E-state index in [9.17, 15) is 0 Å². The molecule has 0 radical (unpaired) electrons. The standard InChI is InChI=1S/C18H21P.C7H10NP/c1-4-10-16(11-5-1)19(17-12-6-2-7-13-17)18-14-8-3-9-15-18;8-5-6-2-1-3-7(9)4-6/h1-2,4-7,10-13,18H,3,8-9,14-15H2;1-4H,5,8-9H2. The highest BCUT2D eigenvalue weighted by Crippen LogP contribution is 2.46. The topological polar surface area (TPSA) is 26.0 Å². The molecular weight excluding hydrogens is 376 g/mol. The number of benzene rings is 3. The van der Waals surface area contributed by atoms with Gasteiger partial charge in [-0.25, -0.2) is 0 Å². The van der Waals surface area contributed by atoms with Crippen LogP contribution >= 0.6 is 17.2 Å². The van der Waals surface area contributed by atoms with Gasteiger partial charge in [0.1, 0.15) is 0 Å². The molecule has 0 aromatic heterocycles. The molecule has 1 fully saturated rings. The van der Waals surface area contributed by atoms with Crippen LogP contribution in [0.1, 0.15) is 37.7 Å². The second kappa shape index (κ2) is 11.5. The molecule has 1 aliphatic rings. The van der Waals surface area contributed by atoms with Crippen LogP contribution in [0.3, 0.4) is 0 Å². The predicted octanol–water partition coefficient (Wildman–Crippen LogP) is 5.10. The van der Waals surface area contributed by atoms with E-state index in [0.29, 0.717) is 6.54 Å². The number of hydrogen-bond donors (Lipinski definition) is 1. The van der Waals surface area contributed by atoms with Crippen LogP contribution in [0.5, 0.6) is 0 Å². The number of hydrogen-bond acceptors (Lipinski definition) is 1. The lowest BCUT2D eigenvalue weighted by atomic mass is 10.0. The third-order valence-electron chi connectivity index (χ3n) is 5.20. The zero-order valence-corrected chi connectivity index (χ0v) is 18.6. The van der Waals surface area contributed by atoms with Crippen molar-refractivity contribution < 1.29 is 0 Å². The van der Waals surface area contributed by atoms with Crippen molar-refractivity contribution in [2.24, 2.45) is 5.73 Å². The largest absolute Gasteiger partial charge is 0.326 e. The average Bonchev–Trinajstić information content (AvgIpc) is 2.77. The molecule has 1 atom stereocenters. The van der Waals surface area contributed by atoms with Crippen molar-refractivity contribution in [1.29, 1.82) is 0 Å². The molecule has 0 spiro atoms. The van der Waals surface area contributed by atoms with Gasteiger partial charge in [0.25, 0.3) is 0 Å². The molecule has 1 unspecified atom stereocenters. The average molecular weight is 407 g/mol. The Morgan fingerprint density at radius 1 is 0.750 bits per heavy atom. The van der Waals surface area contributed by atoms with Gasteiger partial charge in [-0.05, 0) is 47.9 Å². The zero-order chi connectivity index (χ0) is 19.6. The maximum absolute atomic E-state index is 5.41. The minimum atomic E-state index is -0.169. The van der Waals surface area contributed by atoms with Gasteiger partial charge in [0.05, 0.1) is 0 Å². The first-order valence-electron chi connectivity index (χ1n) is 10.2. The maximum atomic E-state index is 5.41. The second-order valence-corrected chi connectivity index (χ2v) is 10.5. The minimum Gasteiger partial charge on any atom is -0.326 e. The fourth-order valence-corrected chi connectivity index (χ4v) is 7.14. The van der Waals surface area contributed by atoms with Crippen molar-refractivity contribution in [1.82, 2.24) is 0 Å². The fourth-order valence-electron chi connectivity index (χ4n) is 3.81. The molecule has 0 heterocycles. The Hall–Kier alpha value is -1.52. The Bertz CT molecular complexity index is 775. The highest BCUT2D eigenvalue weighted by molar-refractivity contribution is 7.73. The summed E-state index contributed by atoms with van der Waals surface area (Å²) >= 11 is 0. The Labute approximate surface area is 173 Å². The maximum Gasteiger partial charge on any atom is 0.0178 e. The molecule has 28 heavy (non-hydrogen) atoms. The zero-order valence-electron chi connectivity index (χ0n) is 16.5. The van der Waals surface area contributed by atoms with Crippen LogP contribution in [0.4, 0.5) is 0 Å². The molecule has 1 nitrogen and oxygen atoms in total. The summed E-state index contributed by atoms with van der Waals surface area (Å²) in [6.45, 7) is 0.627. The number of nitrogens with two attached hydrogens (primary N) is 1. The summed E-state index contributed by atoms with van der Waals surface area (Å²) in [7, 11) is 2.47. The van der Waals surface area contributed by atoms with Gasteiger partial charge in [-0.3, -0.25) is 0 Å². The molecule has 0 bridgehead atoms. The van der Waals surface area contributed by atoms with Crippen molar-refractivity contribution in [3.8, 4) is 0 Å². The van der Waals surface area contributed by atoms with E-state index < -0.39 is 0 Å². The molecule has 3 aromatic rings. The summed E-state index contributed by atoms with van der Waals surface area (Å²) in [6, 6.07) is 30.4. The van der Waals surface area contributed by atoms with Gasteiger partial charge in [-0.15, -0.1) is 9.24 Å². The molecule has 0 amide bonds. The van der Waals surface area contributed by atoms with Gasteiger partial charge in [-0.1, -0.05) is 104 Å². The number of rotatable bonds is 4. The van der Waals surface area contributed by atoms with Gasteiger partial charge < -0.3 is 5.73 Å². The van der Waals surface area contributed by atoms with E-state index in [4.69, 9.17) is 5.73 Å². The molecule has 146 valence electrons. The smallest absolute Gasteiger partial charge is 0.0178 e. The summed E-state index contributed by atoms with van der Waals surface area (Å²) in [6.07, 6.45) is 7.10. The van der Waals surface area contributed by atoms with Crippen molar-refractivity contribution >= 4 is 33.1 Å². The van der Waals surface area contributed by atoms with Crippen LogP contribution in [-0.2, 0) is 6.54 Å². The van der Waals surface area contributed by atoms with E-state index in [1.54, 1.807) is 10.6 Å². The fraction of sp³-hybridized carbons (Fsp3) is 0.280. The molecule has 0 saturated heterocycles. The first-order chi connectivity index (χ1) is 13.8. The molecule has 0 aliphatic heterocycles. The molecule has 4 rings (SSSR count). The molecule has 1 aliphatic carbocycles. The Morgan fingerprint density at radius 2 is 1.32 bits per heavy atom. The Balaban J connectivity index is 0.000000211. The molecule has 2 N–H and O–H groups in total. The Kier molecular flexibility index (Phi) is 8.69. The van der Waals surface area contributed by atoms with E-state index in [1.165, 1.54) is 43.0 Å².